The van der Waals surface area contributed by atoms with Crippen LogP contribution in [0.3, 0.4) is 0 Å². The van der Waals surface area contributed by atoms with Crippen LogP contribution in [0.5, 0.6) is 11.5 Å². The summed E-state index contributed by atoms with van der Waals surface area (Å²) in [7, 11) is -5.15. The summed E-state index contributed by atoms with van der Waals surface area (Å²) in [5, 5.41) is 0. The van der Waals surface area contributed by atoms with Gasteiger partial charge < -0.3 is 24.1 Å². The highest BCUT2D eigenvalue weighted by Crippen LogP contribution is 2.43. The van der Waals surface area contributed by atoms with E-state index in [2.05, 4.69) is 13.7 Å². The van der Waals surface area contributed by atoms with E-state index in [1.165, 1.54) is 30.3 Å². The maximum Gasteiger partial charge on any atom is 0.586 e. The lowest BCUT2D eigenvalue weighted by Gasteiger charge is -2.10. The van der Waals surface area contributed by atoms with Crippen LogP contribution in [0.4, 0.5) is 8.78 Å². The Kier molecular flexibility index (Phi) is 3.55. The van der Waals surface area contributed by atoms with Crippen LogP contribution < -0.4 is 15.2 Å². The number of rotatable bonds is 5. The Balaban J connectivity index is 1.63. The van der Waals surface area contributed by atoms with E-state index >= 15 is 0 Å². The van der Waals surface area contributed by atoms with Crippen LogP contribution in [0.15, 0.2) is 60.2 Å². The third-order valence-electron chi connectivity index (χ3n) is 3.72. The number of carbonyl (C=O) groups is 1. The van der Waals surface area contributed by atoms with Crippen LogP contribution in [0.25, 0.3) is 0 Å². The van der Waals surface area contributed by atoms with Crippen LogP contribution in [-0.4, -0.2) is 20.5 Å². The van der Waals surface area contributed by atoms with Crippen molar-refractivity contribution >= 4 is 15.9 Å². The summed E-state index contributed by atoms with van der Waals surface area (Å²) < 4.78 is 94.1. The highest BCUT2D eigenvalue weighted by Gasteiger charge is 2.45. The fourth-order valence-electron chi connectivity index (χ4n) is 2.56. The van der Waals surface area contributed by atoms with Gasteiger partial charge in [0.1, 0.15) is 5.70 Å². The number of ketones is 1. The van der Waals surface area contributed by atoms with Crippen molar-refractivity contribution in [3.63, 3.8) is 0 Å². The second kappa shape index (κ2) is 6.62. The number of halogens is 2. The molecule has 0 radical (unpaired) electrons. The van der Waals surface area contributed by atoms with Crippen molar-refractivity contribution in [2.75, 3.05) is 0 Å². The van der Waals surface area contributed by atoms with Gasteiger partial charge in [0.25, 0.3) is 0 Å². The first kappa shape index (κ1) is 15.6. The molecule has 4 rings (SSSR count). The molecule has 0 bridgehead atoms. The number of ether oxygens (including phenoxy) is 3. The van der Waals surface area contributed by atoms with E-state index in [1.807, 2.05) is 0 Å². The number of alkyl halides is 2. The van der Waals surface area contributed by atoms with Crippen LogP contribution >= 0.6 is 0 Å². The molecule has 29 heavy (non-hydrogen) atoms. The number of nitrogens with two attached hydrogens (primary N) is 1. The van der Waals surface area contributed by atoms with Gasteiger partial charge in [0, 0.05) is 5.56 Å². The molecule has 0 fully saturated rings. The van der Waals surface area contributed by atoms with E-state index in [1.54, 1.807) is 0 Å². The summed E-state index contributed by atoms with van der Waals surface area (Å²) in [6.45, 7) is 0. The maximum absolute atomic E-state index is 13.2. The minimum absolute atomic E-state index is 0.278. The summed E-state index contributed by atoms with van der Waals surface area (Å²) in [5.74, 6) is -4.27. The van der Waals surface area contributed by atoms with Crippen molar-refractivity contribution in [2.24, 2.45) is 5.73 Å². The molecule has 0 saturated carbocycles. The van der Waals surface area contributed by atoms with Gasteiger partial charge in [0.05, 0.1) is 4.11 Å². The van der Waals surface area contributed by atoms with Gasteiger partial charge >= 0.3 is 16.4 Å². The predicted octanol–water partition coefficient (Wildman–Crippen LogP) is 2.32. The first-order valence-corrected chi connectivity index (χ1v) is 9.31. The highest BCUT2D eigenvalue weighted by molar-refractivity contribution is 7.86. The topological polar surface area (TPSA) is 114 Å². The van der Waals surface area contributed by atoms with Gasteiger partial charge in [0.2, 0.25) is 17.4 Å². The van der Waals surface area contributed by atoms with Crippen molar-refractivity contribution in [1.82, 2.24) is 0 Å². The normalized spacial score (nSPS) is 24.5. The lowest BCUT2D eigenvalue weighted by molar-refractivity contribution is -0.286. The third-order valence-corrected chi connectivity index (χ3v) is 4.59. The zero-order valence-electron chi connectivity index (χ0n) is 17.2. The molecule has 2 heterocycles. The van der Waals surface area contributed by atoms with E-state index in [-0.39, 0.29) is 16.9 Å². The molecule has 0 amide bonds. The SMILES string of the molecule is [2H]C([2H])(c1ccccc1)S(=O)(=O)OC1=C(N)O[C@]([2H])(c2ccc3c(c2)OC(F)(F)O3)C1=O. The Morgan fingerprint density at radius 2 is 1.86 bits per heavy atom. The molecule has 2 aliphatic rings. The zero-order chi connectivity index (χ0) is 23.5. The number of Topliss-reactive ketones (excluding diaryl/α,β-unsaturated/α-hetero) is 1. The molecule has 8 nitrogen and oxygen atoms in total. The Bertz CT molecular complexity index is 1250. The number of hydrogen-bond donors (Lipinski definition) is 1. The predicted molar refractivity (Wildman–Crippen MR) is 92.8 cm³/mol. The number of hydrogen-bond acceptors (Lipinski definition) is 8. The van der Waals surface area contributed by atoms with Gasteiger partial charge in [-0.05, 0) is 17.7 Å². The van der Waals surface area contributed by atoms with Crippen molar-refractivity contribution in [2.45, 2.75) is 18.1 Å². The Morgan fingerprint density at radius 3 is 2.59 bits per heavy atom. The average Bonchev–Trinajstić information content (AvgIpc) is 3.14. The number of benzene rings is 2. The maximum atomic E-state index is 13.2. The molecule has 0 spiro atoms. The molecular weight excluding hydrogens is 412 g/mol. The van der Waals surface area contributed by atoms with E-state index in [0.717, 1.165) is 18.2 Å². The molecule has 0 unspecified atom stereocenters. The van der Waals surface area contributed by atoms with Crippen molar-refractivity contribution in [1.29, 1.82) is 0 Å². The molecule has 1 atom stereocenters. The lowest BCUT2D eigenvalue weighted by Crippen LogP contribution is -2.25. The van der Waals surface area contributed by atoms with Gasteiger partial charge in [-0.1, -0.05) is 36.4 Å². The highest BCUT2D eigenvalue weighted by atomic mass is 32.2. The van der Waals surface area contributed by atoms with Gasteiger partial charge in [0.15, 0.2) is 17.6 Å². The zero-order valence-corrected chi connectivity index (χ0v) is 15.0. The summed E-state index contributed by atoms with van der Waals surface area (Å²) in [5.41, 5.74) is 1.85. The number of fused-ring (bicyclic) bond motifs is 1. The van der Waals surface area contributed by atoms with Crippen LogP contribution in [0.2, 0.25) is 0 Å². The molecule has 2 N–H and O–H groups in total. The Morgan fingerprint density at radius 1 is 1.17 bits per heavy atom. The fraction of sp³-hybridized carbons (Fsp3) is 0.167. The van der Waals surface area contributed by atoms with E-state index in [4.69, 9.17) is 14.6 Å². The van der Waals surface area contributed by atoms with Gasteiger partial charge in [-0.2, -0.15) is 8.42 Å². The van der Waals surface area contributed by atoms with Gasteiger partial charge in [-0.25, -0.2) is 0 Å². The molecular formula is C18H13F2NO7S. The van der Waals surface area contributed by atoms with Gasteiger partial charge in [-0.15, -0.1) is 8.78 Å². The minimum Gasteiger partial charge on any atom is -0.460 e. The average molecular weight is 428 g/mol. The molecule has 2 aliphatic heterocycles. The molecule has 0 saturated heterocycles. The largest absolute Gasteiger partial charge is 0.586 e. The second-order valence-corrected chi connectivity index (χ2v) is 7.07. The third kappa shape index (κ3) is 3.81. The molecule has 0 aliphatic carbocycles. The second-order valence-electron chi connectivity index (χ2n) is 5.79. The summed E-state index contributed by atoms with van der Waals surface area (Å²) in [6, 6.07) is 9.65. The fourth-order valence-corrected chi connectivity index (χ4v) is 3.40. The Labute approximate surface area is 167 Å². The lowest BCUT2D eigenvalue weighted by atomic mass is 10.1. The Hall–Kier alpha value is -3.34. The van der Waals surface area contributed by atoms with Crippen LogP contribution in [0.1, 0.15) is 21.3 Å². The molecule has 11 heteroatoms. The van der Waals surface area contributed by atoms with Crippen molar-refractivity contribution < 1.29 is 44.5 Å². The van der Waals surface area contributed by atoms with Crippen molar-refractivity contribution in [3.05, 3.63) is 71.3 Å². The van der Waals surface area contributed by atoms with Crippen molar-refractivity contribution in [3.8, 4) is 11.5 Å². The summed E-state index contributed by atoms with van der Waals surface area (Å²) >= 11 is 0. The molecule has 2 aromatic rings. The standard InChI is InChI=1S/C18H13F2NO7S/c19-18(20)26-12-7-6-11(8-13(12)27-18)15-14(22)16(17(21)25-15)28-29(23,24)9-10-4-2-1-3-5-10/h1-8,15H,9,21H2/t15-/m1/s1/i9D2,15D. The molecule has 152 valence electrons. The van der Waals surface area contributed by atoms with E-state index < -0.39 is 51.4 Å². The van der Waals surface area contributed by atoms with Crippen LogP contribution in [0, 0.1) is 0 Å². The number of carbonyl (C=O) groups excluding carboxylic acids is 1. The first-order valence-electron chi connectivity index (χ1n) is 9.40. The molecule has 0 aromatic heterocycles. The van der Waals surface area contributed by atoms with E-state index in [9.17, 15) is 22.0 Å². The molecule has 2 aromatic carbocycles. The van der Waals surface area contributed by atoms with Crippen LogP contribution in [-0.2, 0) is 29.5 Å². The first-order chi connectivity index (χ1) is 14.8. The monoisotopic (exact) mass is 428 g/mol. The smallest absolute Gasteiger partial charge is 0.460 e. The quantitative estimate of drug-likeness (QED) is 0.722. The summed E-state index contributed by atoms with van der Waals surface area (Å²) in [4.78, 5) is 12.8. The van der Waals surface area contributed by atoms with Gasteiger partial charge in [-0.3, -0.25) is 4.79 Å². The minimum atomic E-state index is -5.15. The summed E-state index contributed by atoms with van der Waals surface area (Å²) in [6.07, 6.45) is -6.65. The van der Waals surface area contributed by atoms with E-state index in [0.29, 0.717) is 0 Å².